The first kappa shape index (κ1) is 16.8. The van der Waals surface area contributed by atoms with Crippen LogP contribution in [-0.4, -0.2) is 23.6 Å². The van der Waals surface area contributed by atoms with Gasteiger partial charge in [0.1, 0.15) is 5.82 Å². The molecule has 136 valence electrons. The number of benzene rings is 2. The molecule has 0 aliphatic carbocycles. The van der Waals surface area contributed by atoms with Crippen LogP contribution in [-0.2, 0) is 0 Å². The highest BCUT2D eigenvalue weighted by atomic mass is 19.1. The minimum atomic E-state index is -0.609. The number of nitrogens with zero attached hydrogens (tertiary/aromatic N) is 1. The molecule has 1 aliphatic heterocycles. The maximum absolute atomic E-state index is 13.8. The van der Waals surface area contributed by atoms with Gasteiger partial charge in [-0.15, -0.1) is 0 Å². The monoisotopic (exact) mass is 368 g/mol. The number of carbonyl (C=O) groups excluding carboxylic acids is 2. The lowest BCUT2D eigenvalue weighted by atomic mass is 10.1. The van der Waals surface area contributed by atoms with Crippen molar-refractivity contribution >= 4 is 17.4 Å². The van der Waals surface area contributed by atoms with Gasteiger partial charge in [-0.3, -0.25) is 9.59 Å². The van der Waals surface area contributed by atoms with Crippen molar-refractivity contribution < 1.29 is 28.0 Å². The maximum Gasteiger partial charge on any atom is 0.277 e. The third-order valence-corrected chi connectivity index (χ3v) is 4.02. The number of carbonyl (C=O) groups is 2. The number of hydrogen-bond donors (Lipinski definition) is 1. The zero-order valence-corrected chi connectivity index (χ0v) is 14.1. The average molecular weight is 368 g/mol. The van der Waals surface area contributed by atoms with Crippen LogP contribution in [0.5, 0.6) is 11.5 Å². The van der Waals surface area contributed by atoms with E-state index >= 15 is 0 Å². The molecule has 4 rings (SSSR count). The lowest BCUT2D eigenvalue weighted by Gasteiger charge is -2.09. The largest absolute Gasteiger partial charge is 0.454 e. The van der Waals surface area contributed by atoms with Gasteiger partial charge in [-0.25, -0.2) is 4.39 Å². The maximum atomic E-state index is 13.8. The molecule has 1 aromatic heterocycles. The molecule has 1 N–H and O–H groups in total. The van der Waals surface area contributed by atoms with Crippen LogP contribution in [0.4, 0.5) is 10.1 Å². The standard InChI is InChI=1S/C19H13FN2O5/c1-10(23)12-6-17-18(26-9-25-17)7-14(12)21-19(24)15-8-16(27-22-15)11-4-2-3-5-13(11)20/h2-8H,9H2,1H3,(H,21,24). The molecule has 2 heterocycles. The number of rotatable bonds is 4. The molecule has 7 nitrogen and oxygen atoms in total. The lowest BCUT2D eigenvalue weighted by molar-refractivity contribution is 0.101. The molecule has 0 atom stereocenters. The van der Waals surface area contributed by atoms with E-state index < -0.39 is 11.7 Å². The molecule has 2 aromatic carbocycles. The molecule has 0 fully saturated rings. The van der Waals surface area contributed by atoms with Gasteiger partial charge in [0.05, 0.1) is 11.3 Å². The van der Waals surface area contributed by atoms with E-state index in [-0.39, 0.29) is 40.8 Å². The fourth-order valence-corrected chi connectivity index (χ4v) is 2.69. The van der Waals surface area contributed by atoms with Crippen LogP contribution < -0.4 is 14.8 Å². The second-order valence-corrected chi connectivity index (χ2v) is 5.82. The minimum absolute atomic E-state index is 0.0410. The van der Waals surface area contributed by atoms with Crippen LogP contribution >= 0.6 is 0 Å². The fraction of sp³-hybridized carbons (Fsp3) is 0.105. The molecule has 1 aliphatic rings. The number of hydrogen-bond acceptors (Lipinski definition) is 6. The molecule has 3 aromatic rings. The van der Waals surface area contributed by atoms with E-state index in [4.69, 9.17) is 14.0 Å². The summed E-state index contributed by atoms with van der Waals surface area (Å²) in [4.78, 5) is 24.4. The molecule has 0 radical (unpaired) electrons. The number of fused-ring (bicyclic) bond motifs is 1. The van der Waals surface area contributed by atoms with Crippen molar-refractivity contribution in [1.82, 2.24) is 5.16 Å². The van der Waals surface area contributed by atoms with E-state index in [9.17, 15) is 14.0 Å². The number of ether oxygens (including phenoxy) is 2. The van der Waals surface area contributed by atoms with Crippen molar-refractivity contribution in [2.75, 3.05) is 12.1 Å². The van der Waals surface area contributed by atoms with Crippen molar-refractivity contribution in [2.24, 2.45) is 0 Å². The highest BCUT2D eigenvalue weighted by molar-refractivity contribution is 6.09. The molecule has 0 spiro atoms. The van der Waals surface area contributed by atoms with Crippen molar-refractivity contribution in [3.8, 4) is 22.8 Å². The van der Waals surface area contributed by atoms with Crippen molar-refractivity contribution in [3.63, 3.8) is 0 Å². The van der Waals surface area contributed by atoms with Crippen molar-refractivity contribution in [2.45, 2.75) is 6.92 Å². The van der Waals surface area contributed by atoms with Gasteiger partial charge >= 0.3 is 0 Å². The van der Waals surface area contributed by atoms with E-state index in [0.29, 0.717) is 11.5 Å². The van der Waals surface area contributed by atoms with E-state index in [2.05, 4.69) is 10.5 Å². The lowest BCUT2D eigenvalue weighted by Crippen LogP contribution is -2.14. The van der Waals surface area contributed by atoms with Crippen LogP contribution in [0, 0.1) is 5.82 Å². The molecule has 0 saturated heterocycles. The second-order valence-electron chi connectivity index (χ2n) is 5.82. The molecule has 0 saturated carbocycles. The Kier molecular flexibility index (Phi) is 4.08. The Bertz CT molecular complexity index is 1060. The van der Waals surface area contributed by atoms with Gasteiger partial charge in [-0.1, -0.05) is 17.3 Å². The van der Waals surface area contributed by atoms with Crippen molar-refractivity contribution in [1.29, 1.82) is 0 Å². The Balaban J connectivity index is 1.62. The Morgan fingerprint density at radius 3 is 2.59 bits per heavy atom. The fourth-order valence-electron chi connectivity index (χ4n) is 2.69. The minimum Gasteiger partial charge on any atom is -0.454 e. The van der Waals surface area contributed by atoms with E-state index in [1.54, 1.807) is 12.1 Å². The molecule has 0 bridgehead atoms. The van der Waals surface area contributed by atoms with Gasteiger partial charge in [-0.05, 0) is 25.1 Å². The van der Waals surface area contributed by atoms with Crippen LogP contribution in [0.1, 0.15) is 27.8 Å². The first-order chi connectivity index (χ1) is 13.0. The zero-order chi connectivity index (χ0) is 19.0. The summed E-state index contributed by atoms with van der Waals surface area (Å²) in [6.45, 7) is 1.42. The van der Waals surface area contributed by atoms with Gasteiger partial charge in [-0.2, -0.15) is 0 Å². The number of Topliss-reactive ketones (excluding diaryl/α,β-unsaturated/α-hetero) is 1. The predicted octanol–water partition coefficient (Wildman–Crippen LogP) is 3.66. The number of anilines is 1. The van der Waals surface area contributed by atoms with Crippen molar-refractivity contribution in [3.05, 3.63) is 59.5 Å². The highest BCUT2D eigenvalue weighted by Crippen LogP contribution is 2.37. The van der Waals surface area contributed by atoms with E-state index in [0.717, 1.165) is 0 Å². The summed E-state index contributed by atoms with van der Waals surface area (Å²) >= 11 is 0. The summed E-state index contributed by atoms with van der Waals surface area (Å²) in [6.07, 6.45) is 0. The SMILES string of the molecule is CC(=O)c1cc2c(cc1NC(=O)c1cc(-c3ccccc3F)on1)OCO2. The number of nitrogens with one attached hydrogen (secondary N) is 1. The number of amides is 1. The van der Waals surface area contributed by atoms with Crippen LogP contribution in [0.2, 0.25) is 0 Å². The summed E-state index contributed by atoms with van der Waals surface area (Å²) in [5, 5.41) is 6.29. The molecular formula is C19H13FN2O5. The highest BCUT2D eigenvalue weighted by Gasteiger charge is 2.22. The summed E-state index contributed by atoms with van der Waals surface area (Å²) in [6, 6.07) is 10.3. The topological polar surface area (TPSA) is 90.7 Å². The van der Waals surface area contributed by atoms with Crippen LogP contribution in [0.15, 0.2) is 47.0 Å². The third-order valence-electron chi connectivity index (χ3n) is 4.02. The Hall–Kier alpha value is -3.68. The van der Waals surface area contributed by atoms with Crippen LogP contribution in [0.25, 0.3) is 11.3 Å². The van der Waals surface area contributed by atoms with E-state index in [1.807, 2.05) is 0 Å². The Morgan fingerprint density at radius 1 is 1.11 bits per heavy atom. The number of ketones is 1. The van der Waals surface area contributed by atoms with Gasteiger partial charge in [0.15, 0.2) is 28.7 Å². The summed E-state index contributed by atoms with van der Waals surface area (Å²) in [5.74, 6) is -0.381. The third kappa shape index (κ3) is 3.12. The number of aromatic nitrogens is 1. The molecule has 27 heavy (non-hydrogen) atoms. The first-order valence-electron chi connectivity index (χ1n) is 8.00. The van der Waals surface area contributed by atoms with Gasteiger partial charge in [0.2, 0.25) is 6.79 Å². The predicted molar refractivity (Wildman–Crippen MR) is 92.4 cm³/mol. The quantitative estimate of drug-likeness (QED) is 0.707. The zero-order valence-electron chi connectivity index (χ0n) is 14.1. The summed E-state index contributed by atoms with van der Waals surface area (Å²) < 4.78 is 29.5. The molecular weight excluding hydrogens is 355 g/mol. The van der Waals surface area contributed by atoms with Crippen LogP contribution in [0.3, 0.4) is 0 Å². The average Bonchev–Trinajstić information content (AvgIpc) is 3.30. The summed E-state index contributed by atoms with van der Waals surface area (Å²) in [5.41, 5.74) is 0.662. The molecule has 0 unspecified atom stereocenters. The number of halogens is 1. The van der Waals surface area contributed by atoms with E-state index in [1.165, 1.54) is 37.3 Å². The normalized spacial score (nSPS) is 12.1. The van der Waals surface area contributed by atoms with Gasteiger partial charge in [0, 0.05) is 17.7 Å². The Morgan fingerprint density at radius 2 is 1.85 bits per heavy atom. The smallest absolute Gasteiger partial charge is 0.277 e. The Labute approximate surface area is 152 Å². The summed E-state index contributed by atoms with van der Waals surface area (Å²) in [7, 11) is 0. The molecule has 1 amide bonds. The second kappa shape index (κ2) is 6.56. The first-order valence-corrected chi connectivity index (χ1v) is 8.00. The van der Waals surface area contributed by atoms with Gasteiger partial charge in [0.25, 0.3) is 5.91 Å². The van der Waals surface area contributed by atoms with Gasteiger partial charge < -0.3 is 19.3 Å². The molecule has 8 heteroatoms.